The molecule has 25 nitrogen and oxygen atoms in total. The molecule has 4 amide bonds. The molecule has 13 rings (SSSR count). The summed E-state index contributed by atoms with van der Waals surface area (Å²) in [6.07, 6.45) is 15.3. The summed E-state index contributed by atoms with van der Waals surface area (Å²) in [5, 5.41) is 54.7. The minimum absolute atomic E-state index is 0. The van der Waals surface area contributed by atoms with Crippen LogP contribution in [0, 0.1) is 61.4 Å². The second-order valence-corrected chi connectivity index (χ2v) is 39.6. The average molecular weight is 2310 g/mol. The molecular weight excluding hydrogens is 2180 g/mol. The number of alkyl carbamates (subject to hydrolysis) is 1. The van der Waals surface area contributed by atoms with E-state index in [1.807, 2.05) is 70.7 Å². The van der Waals surface area contributed by atoms with Gasteiger partial charge in [-0.25, -0.2) is 14.4 Å². The molecule has 0 atom stereocenters. The molecule has 0 bridgehead atoms. The molecule has 0 saturated carbocycles. The molecule has 0 aromatic heterocycles. The molecule has 7 heterocycles. The Bertz CT molecular complexity index is 4410. The molecule has 7 fully saturated rings. The average Bonchev–Trinajstić information content (AvgIpc) is 0.824. The van der Waals surface area contributed by atoms with Crippen molar-refractivity contribution < 1.29 is 68.1 Å². The van der Waals surface area contributed by atoms with Gasteiger partial charge in [0.05, 0.1) is 37.2 Å². The summed E-state index contributed by atoms with van der Waals surface area (Å²) < 4.78 is 18.5. The van der Waals surface area contributed by atoms with E-state index in [0.29, 0.717) is 56.8 Å². The molecule has 6 aromatic carbocycles. The van der Waals surface area contributed by atoms with Gasteiger partial charge in [-0.1, -0.05) is 110 Å². The zero-order valence-corrected chi connectivity index (χ0v) is 90.1. The maximum absolute atomic E-state index is 11.9. The number of allylic oxidation sites excluding steroid dienone is 1. The largest absolute Gasteiger partial charge is 1.00 e. The first-order valence-electron chi connectivity index (χ1n) is 43.0. The second kappa shape index (κ2) is 67.4. The van der Waals surface area contributed by atoms with Gasteiger partial charge in [0.25, 0.3) is 0 Å². The minimum atomic E-state index is -1.08. The van der Waals surface area contributed by atoms with Gasteiger partial charge in [0.2, 0.25) is 5.91 Å². The van der Waals surface area contributed by atoms with Crippen molar-refractivity contribution in [1.29, 1.82) is 21.0 Å². The van der Waals surface area contributed by atoms with Crippen molar-refractivity contribution in [3.8, 4) is 24.3 Å². The number of carbonyl (C=O) groups excluding carboxylic acids is 5. The monoisotopic (exact) mass is 2310 g/mol. The van der Waals surface area contributed by atoms with Gasteiger partial charge in [-0.3, -0.25) is 14.9 Å². The third kappa shape index (κ3) is 51.6. The van der Waals surface area contributed by atoms with E-state index in [9.17, 15) is 19.2 Å². The standard InChI is InChI=1S/C16H23BrN2O2.C15H17BrN4.C15H18BrN3O2.C14H18BrN3.C11H14BrClN2.C11H21NO2.C6H4BrI.C3H3N.C2H3N.C2H4O2.CH4.Na/c1-16(2,3)21-15(20)18-13-8-10-19(11-9-13)14-6-4-12(17)5-7-14;1-18-20(10-2-9-17)15-7-11-19(12-8-15)14-5-3-13(16)4-6-14;16-11-1-3-12(4-2-11)18-8-5-13(6-9-18)19-10-7-14(20)17-15(19)21;15-12-2-4-14(5-3-12)18-10-6-13(7-11-18)17-9-1-8-16;12-9-1-3-11(4-2-9)15-7-5-10(14-13)6-8-15;1-11(2,3)14-10(13)8-9-4-6-12-7-5-9;7-5-1-3-6(8)4-2-5;1-2-3-4;1-2-3;1-2(3)4;;/h4-7,13H,8-11H2,1-3H3,(H,18,20);3-6,15H,2,7-8,10-12H2;1-4,13H,5-10H2,(H,17,20,21);2-5,13,17H,1,6-7,9-11H2;1-4,10,14H,5-8H2;9,12H,4-8H2,1-3H3;1-4H;2H,1H2;1H3;1H3,(H,3,4);1H4;/q;;;;;;;;;;;+1/p-1. The number of anilines is 5. The van der Waals surface area contributed by atoms with Gasteiger partial charge in [-0.15, -0.1) is 5.01 Å². The van der Waals surface area contributed by atoms with Crippen molar-refractivity contribution in [2.45, 2.75) is 207 Å². The summed E-state index contributed by atoms with van der Waals surface area (Å²) in [4.78, 5) is 75.3. The fraction of sp³-hybridized carbons (Fsp3) is 0.500. The van der Waals surface area contributed by atoms with Crippen molar-refractivity contribution in [1.82, 2.24) is 36.0 Å². The third-order valence-corrected chi connectivity index (χ3v) is 24.9. The molecule has 702 valence electrons. The van der Waals surface area contributed by atoms with E-state index in [4.69, 9.17) is 58.8 Å². The number of carboxylic acids is 1. The number of hydrogen-bond donors (Lipinski definition) is 5. The maximum atomic E-state index is 11.9. The second-order valence-electron chi connectivity index (χ2n) is 32.7. The molecule has 0 aliphatic carbocycles. The van der Waals surface area contributed by atoms with Crippen LogP contribution in [-0.4, -0.2) is 179 Å². The van der Waals surface area contributed by atoms with Gasteiger partial charge in [0.15, 0.2) is 0 Å². The number of esters is 1. The number of nitrogens with one attached hydrogen (secondary N) is 5. The summed E-state index contributed by atoms with van der Waals surface area (Å²) in [6, 6.07) is 59.4. The predicted molar refractivity (Wildman–Crippen MR) is 549 cm³/mol. The minimum Gasteiger partial charge on any atom is -0.550 e. The Morgan fingerprint density at radius 3 is 1.22 bits per heavy atom. The molecule has 6 aromatic rings. The summed E-state index contributed by atoms with van der Waals surface area (Å²) in [6.45, 7) is 38.1. The van der Waals surface area contributed by atoms with E-state index in [0.717, 1.165) is 196 Å². The Hall–Kier alpha value is -6.76. The summed E-state index contributed by atoms with van der Waals surface area (Å²) in [5.74, 6) is -0.779. The number of benzene rings is 6. The van der Waals surface area contributed by atoms with Crippen molar-refractivity contribution >= 4 is 188 Å². The first kappa shape index (κ1) is 119. The number of nitrogens with zero attached hydrogens (tertiary/aromatic N) is 12. The number of hydrogen-bond acceptors (Lipinski definition) is 21. The fourth-order valence-electron chi connectivity index (χ4n) is 14.3. The van der Waals surface area contributed by atoms with Crippen LogP contribution < -0.4 is 85.3 Å². The van der Waals surface area contributed by atoms with Crippen LogP contribution >= 0.6 is 130 Å². The molecular formula is C96H128Br6ClIN17NaO8. The Kier molecular flexibility index (Phi) is 61.9. The van der Waals surface area contributed by atoms with Crippen LogP contribution in [0.1, 0.15) is 166 Å². The van der Waals surface area contributed by atoms with Crippen molar-refractivity contribution in [3.05, 3.63) is 200 Å². The molecule has 0 radical (unpaired) electrons. The predicted octanol–water partition coefficient (Wildman–Crippen LogP) is 18.2. The Labute approximate surface area is 864 Å². The third-order valence-electron chi connectivity index (χ3n) is 20.7. The van der Waals surface area contributed by atoms with Crippen LogP contribution in [0.2, 0.25) is 0 Å². The molecule has 5 N–H and O–H groups in total. The van der Waals surface area contributed by atoms with Gasteiger partial charge in [-0.05, 0) is 324 Å². The number of nitriles is 4. The smallest absolute Gasteiger partial charge is 0.550 e. The Morgan fingerprint density at radius 2 is 0.900 bits per heavy atom. The van der Waals surface area contributed by atoms with Gasteiger partial charge in [0, 0.05) is 200 Å². The Balaban J connectivity index is 0.000000507. The number of urea groups is 1. The van der Waals surface area contributed by atoms with Gasteiger partial charge in [-0.2, -0.15) is 32.6 Å². The van der Waals surface area contributed by atoms with Crippen LogP contribution in [0.5, 0.6) is 0 Å². The summed E-state index contributed by atoms with van der Waals surface area (Å²) >= 11 is 28.5. The normalized spacial score (nSPS) is 15.8. The van der Waals surface area contributed by atoms with Gasteiger partial charge in [0.1, 0.15) is 17.2 Å². The summed E-state index contributed by atoms with van der Waals surface area (Å²) in [7, 11) is 0. The number of amides is 4. The zero-order valence-electron chi connectivity index (χ0n) is 75.7. The van der Waals surface area contributed by atoms with Crippen LogP contribution in [0.4, 0.5) is 38.0 Å². The molecule has 7 saturated heterocycles. The van der Waals surface area contributed by atoms with Crippen LogP contribution in [0.3, 0.4) is 0 Å². The molecule has 34 heteroatoms. The van der Waals surface area contributed by atoms with Gasteiger partial charge < -0.3 is 64.7 Å². The number of aliphatic carboxylic acids is 1. The summed E-state index contributed by atoms with van der Waals surface area (Å²) in [5.41, 5.74) is 5.49. The maximum Gasteiger partial charge on any atom is 1.00 e. The number of rotatable bonds is 16. The molecule has 0 unspecified atom stereocenters. The molecule has 7 aliphatic heterocycles. The number of carbonyl (C=O) groups is 5. The van der Waals surface area contributed by atoms with E-state index < -0.39 is 11.6 Å². The van der Waals surface area contributed by atoms with E-state index >= 15 is 0 Å². The van der Waals surface area contributed by atoms with Crippen molar-refractivity contribution in [2.24, 2.45) is 5.92 Å². The van der Waals surface area contributed by atoms with Crippen molar-refractivity contribution in [3.63, 3.8) is 0 Å². The van der Waals surface area contributed by atoms with E-state index in [2.05, 4.69) is 314 Å². The van der Waals surface area contributed by atoms with Crippen LogP contribution in [-0.2, 0) is 23.9 Å². The van der Waals surface area contributed by atoms with Crippen molar-refractivity contribution in [2.75, 3.05) is 123 Å². The van der Waals surface area contributed by atoms with Gasteiger partial charge >= 0.3 is 47.7 Å². The topological polar surface area (TPSA) is 309 Å². The van der Waals surface area contributed by atoms with Crippen LogP contribution in [0.25, 0.3) is 4.95 Å². The number of imide groups is 1. The first-order chi connectivity index (χ1) is 61.1. The number of carboxylic acid groups (broad SMARTS) is 1. The number of ether oxygens (including phenoxy) is 2. The first-order valence-corrected chi connectivity index (χ1v) is 49.3. The number of piperidine rings is 6. The molecule has 7 aliphatic rings. The quantitative estimate of drug-likeness (QED) is 0.00879. The van der Waals surface area contributed by atoms with E-state index in [-0.39, 0.29) is 84.7 Å². The SMILES string of the molecule is Brc1ccc(I)cc1.C.C=CC#N.CC#N.CC(=O)[O-].CC(C)(C)OC(=O)CC1CCNCC1.CC(C)(C)OC(=O)NC1CCN(c2ccc(Br)cc2)CC1.ClNC1CCN(c2ccc(Br)cc2)CC1.N#CCCNC1CCN(c2ccc(Br)cc2)CC1.O=C1CCN(C2CCN(c3ccc(Br)cc3)CC2)C(=O)N1.[C-]#[N+]N(CCC#N)C1CCN(c2ccc(Br)cc2)CC1.[Na+]. The van der Waals surface area contributed by atoms with E-state index in [1.165, 1.54) is 45.0 Å². The zero-order chi connectivity index (χ0) is 94.4. The molecule has 0 spiro atoms. The number of halogens is 8. The Morgan fingerprint density at radius 1 is 0.569 bits per heavy atom. The fourth-order valence-corrected chi connectivity index (χ4v) is 16.5. The van der Waals surface area contributed by atoms with E-state index in [1.54, 1.807) is 17.1 Å². The van der Waals surface area contributed by atoms with Crippen LogP contribution in [0.15, 0.2) is 185 Å². The molecule has 130 heavy (non-hydrogen) atoms.